The topological polar surface area (TPSA) is 38.9 Å². The molecule has 5 heteroatoms. The molecular weight excluding hydrogens is 106 g/mol. The van der Waals surface area contributed by atoms with Crippen LogP contribution in [-0.2, 0) is 0 Å². The molecule has 0 aliphatic carbocycles. The van der Waals surface area contributed by atoms with Gasteiger partial charge in [0, 0.05) is 0 Å². The van der Waals surface area contributed by atoms with Gasteiger partial charge in [-0.15, -0.1) is 0 Å². The van der Waals surface area contributed by atoms with Crippen LogP contribution in [0.2, 0.25) is 0 Å². The minimum absolute atomic E-state index is 1.31. The summed E-state index contributed by atoms with van der Waals surface area (Å²) in [4.78, 5) is 0. The Hall–Kier alpha value is -1.00. The molecule has 3 nitrogen and oxygen atoms in total. The third-order valence-electron chi connectivity index (χ3n) is 0.412. The van der Waals surface area contributed by atoms with Crippen molar-refractivity contribution in [3.05, 3.63) is 11.9 Å². The van der Waals surface area contributed by atoms with E-state index in [-0.39, 0.29) is 0 Å². The molecule has 0 aliphatic rings. The minimum Gasteiger partial charge on any atom is -0.238 e. The Morgan fingerprint density at radius 1 is 1.14 bits per heavy atom. The Balaban J connectivity index is 3.12. The third kappa shape index (κ3) is 0.556. The second-order valence-electron chi connectivity index (χ2n) is 0.846. The monoisotopic (exact) mass is 106 g/mol. The highest BCUT2D eigenvalue weighted by Crippen LogP contribution is 1.93. The average Bonchev–Trinajstić information content (AvgIpc) is 1.91. The average molecular weight is 106 g/mol. The fourth-order valence-corrected chi connectivity index (χ4v) is 0.167. The van der Waals surface area contributed by atoms with E-state index in [1.807, 2.05) is 0 Å². The molecule has 0 bridgehead atoms. The summed E-state index contributed by atoms with van der Waals surface area (Å²) in [6.45, 7) is 0. The van der Waals surface area contributed by atoms with Crippen molar-refractivity contribution in [3.63, 3.8) is 0 Å². The van der Waals surface area contributed by atoms with Gasteiger partial charge in [0.1, 0.15) is 0 Å². The summed E-state index contributed by atoms with van der Waals surface area (Å²) in [5, 5.41) is 4.98. The number of rotatable bonds is 0. The zero-order valence-corrected chi connectivity index (χ0v) is 3.06. The van der Waals surface area contributed by atoms with E-state index in [4.69, 9.17) is 0 Å². The second-order valence-corrected chi connectivity index (χ2v) is 0.846. The molecule has 0 saturated heterocycles. The lowest BCUT2D eigenvalue weighted by atomic mass is 10.9. The Labute approximate surface area is 36.9 Å². The Morgan fingerprint density at radius 2 is 1.57 bits per heavy atom. The van der Waals surface area contributed by atoms with Crippen LogP contribution in [0.3, 0.4) is 0 Å². The first-order valence-electron chi connectivity index (χ1n) is 1.44. The summed E-state index contributed by atoms with van der Waals surface area (Å²) in [6, 6.07) is 0. The second kappa shape index (κ2) is 1.25. The van der Waals surface area contributed by atoms with E-state index in [0.717, 1.165) is 0 Å². The molecule has 0 unspecified atom stereocenters. The Bertz CT molecular complexity index is 146. The summed E-state index contributed by atoms with van der Waals surface area (Å²) >= 11 is 0. The van der Waals surface area contributed by atoms with Crippen LogP contribution in [-0.4, -0.2) is 10.3 Å². The predicted octanol–water partition coefficient (Wildman–Crippen LogP) is 0.348. The van der Waals surface area contributed by atoms with Gasteiger partial charge < -0.3 is 0 Å². The molecule has 1 aromatic heterocycles. The van der Waals surface area contributed by atoms with Gasteiger partial charge in [0.05, 0.1) is 0 Å². The minimum atomic E-state index is -1.31. The van der Waals surface area contributed by atoms with Crippen LogP contribution in [0, 0.1) is 11.9 Å². The van der Waals surface area contributed by atoms with Gasteiger partial charge in [0.25, 0.3) is 0 Å². The lowest BCUT2D eigenvalue weighted by Gasteiger charge is -1.62. The number of aromatic nitrogens is 2. The quantitative estimate of drug-likeness (QED) is 0.479. The first-order chi connectivity index (χ1) is 3.30. The zero-order chi connectivity index (χ0) is 5.28. The van der Waals surface area contributed by atoms with E-state index in [1.54, 1.807) is 0 Å². The largest absolute Gasteiger partial charge is 0.311 e. The first-order valence-corrected chi connectivity index (χ1v) is 1.44. The van der Waals surface area contributed by atoms with Crippen LogP contribution in [0.1, 0.15) is 0 Å². The smallest absolute Gasteiger partial charge is 0.238 e. The lowest BCUT2D eigenvalue weighted by Crippen LogP contribution is -1.75. The van der Waals surface area contributed by atoms with Gasteiger partial charge >= 0.3 is 11.9 Å². The molecule has 0 spiro atoms. The molecule has 0 radical (unpaired) electrons. The van der Waals surface area contributed by atoms with Crippen molar-refractivity contribution >= 4 is 0 Å². The van der Waals surface area contributed by atoms with Crippen molar-refractivity contribution in [3.8, 4) is 0 Å². The van der Waals surface area contributed by atoms with Crippen LogP contribution >= 0.6 is 0 Å². The third-order valence-corrected chi connectivity index (χ3v) is 0.412. The molecular formula is C2F2N2O. The van der Waals surface area contributed by atoms with Gasteiger partial charge in [-0.3, -0.25) is 0 Å². The molecule has 1 rings (SSSR count). The molecule has 1 heterocycles. The predicted molar refractivity (Wildman–Crippen MR) is 14.2 cm³/mol. The molecule has 38 valence electrons. The van der Waals surface area contributed by atoms with Gasteiger partial charge in [-0.1, -0.05) is 0 Å². The maximum absolute atomic E-state index is 11.4. The van der Waals surface area contributed by atoms with Crippen LogP contribution < -0.4 is 0 Å². The number of halogens is 2. The maximum Gasteiger partial charge on any atom is 0.311 e. The summed E-state index contributed by atoms with van der Waals surface area (Å²) in [6.07, 6.45) is 0. The van der Waals surface area contributed by atoms with E-state index in [1.165, 1.54) is 0 Å². The van der Waals surface area contributed by atoms with Gasteiger partial charge in [-0.05, 0) is 10.3 Å². The van der Waals surface area contributed by atoms with Crippen LogP contribution in [0.25, 0.3) is 0 Å². The van der Waals surface area contributed by atoms with Gasteiger partial charge in [-0.2, -0.15) is 8.78 Å². The van der Waals surface area contributed by atoms with Crippen molar-refractivity contribution in [2.75, 3.05) is 0 Å². The SMILES string of the molecule is Fc1nonc1F. The fourth-order valence-electron chi connectivity index (χ4n) is 0.167. The number of hydrogen-bond donors (Lipinski definition) is 0. The summed E-state index contributed by atoms with van der Waals surface area (Å²) in [5.74, 6) is -2.61. The Morgan fingerprint density at radius 3 is 1.71 bits per heavy atom. The molecule has 0 aliphatic heterocycles. The van der Waals surface area contributed by atoms with Crippen molar-refractivity contribution < 1.29 is 13.4 Å². The molecule has 0 N–H and O–H groups in total. The summed E-state index contributed by atoms with van der Waals surface area (Å²) in [7, 11) is 0. The van der Waals surface area contributed by atoms with Crippen molar-refractivity contribution in [1.82, 2.24) is 10.3 Å². The van der Waals surface area contributed by atoms with E-state index in [0.29, 0.717) is 0 Å². The molecule has 0 aromatic carbocycles. The van der Waals surface area contributed by atoms with Crippen LogP contribution in [0.5, 0.6) is 0 Å². The molecule has 0 amide bonds. The Kier molecular flexibility index (Phi) is 0.744. The van der Waals surface area contributed by atoms with E-state index in [9.17, 15) is 8.78 Å². The van der Waals surface area contributed by atoms with Gasteiger partial charge in [0.15, 0.2) is 0 Å². The zero-order valence-electron chi connectivity index (χ0n) is 3.06. The van der Waals surface area contributed by atoms with E-state index >= 15 is 0 Å². The maximum atomic E-state index is 11.4. The van der Waals surface area contributed by atoms with Gasteiger partial charge in [0.2, 0.25) is 0 Å². The van der Waals surface area contributed by atoms with Crippen molar-refractivity contribution in [1.29, 1.82) is 0 Å². The van der Waals surface area contributed by atoms with E-state index in [2.05, 4.69) is 14.9 Å². The van der Waals surface area contributed by atoms with Crippen molar-refractivity contribution in [2.24, 2.45) is 0 Å². The van der Waals surface area contributed by atoms with Crippen LogP contribution in [0.15, 0.2) is 4.63 Å². The standard InChI is InChI=1S/C2F2N2O/c3-1-2(4)6-7-5-1. The number of nitrogens with zero attached hydrogens (tertiary/aromatic N) is 2. The molecule has 7 heavy (non-hydrogen) atoms. The normalized spacial score (nSPS) is 9.43. The van der Waals surface area contributed by atoms with Gasteiger partial charge in [-0.25, -0.2) is 4.63 Å². The summed E-state index contributed by atoms with van der Waals surface area (Å²) in [5.41, 5.74) is 0. The van der Waals surface area contributed by atoms with E-state index < -0.39 is 11.9 Å². The molecule has 0 atom stereocenters. The fraction of sp³-hybridized carbons (Fsp3) is 0. The van der Waals surface area contributed by atoms with Crippen LogP contribution in [0.4, 0.5) is 8.78 Å². The summed E-state index contributed by atoms with van der Waals surface area (Å²) < 4.78 is 26.5. The lowest BCUT2D eigenvalue weighted by molar-refractivity contribution is 0.280. The number of hydrogen-bond acceptors (Lipinski definition) is 3. The molecule has 0 fully saturated rings. The highest BCUT2D eigenvalue weighted by Gasteiger charge is 2.04. The molecule has 0 saturated carbocycles. The highest BCUT2D eigenvalue weighted by molar-refractivity contribution is 4.67. The van der Waals surface area contributed by atoms with Crippen molar-refractivity contribution in [2.45, 2.75) is 0 Å². The first kappa shape index (κ1) is 4.17. The molecule has 1 aromatic rings. The highest BCUT2D eigenvalue weighted by atomic mass is 19.2.